The van der Waals surface area contributed by atoms with Crippen LogP contribution in [0.15, 0.2) is 18.2 Å². The predicted octanol–water partition coefficient (Wildman–Crippen LogP) is 2.70. The molecule has 1 aromatic rings. The summed E-state index contributed by atoms with van der Waals surface area (Å²) in [5.41, 5.74) is -2.35. The quantitative estimate of drug-likeness (QED) is 0.804. The highest BCUT2D eigenvalue weighted by Gasteiger charge is 2.35. The molecule has 0 heterocycles. The minimum Gasteiger partial charge on any atom is -0.382 e. The van der Waals surface area contributed by atoms with Gasteiger partial charge >= 0.3 is 0 Å². The minimum atomic E-state index is -1.69. The standard InChI is InChI=1S/C12H14F2O2/c1-3-12(16,4-2)11(15)10-8(13)6-5-7-9(10)14/h5-7,16H,3-4H2,1-2H3. The number of ketones is 1. The number of rotatable bonds is 4. The van der Waals surface area contributed by atoms with Crippen molar-refractivity contribution in [3.63, 3.8) is 0 Å². The molecule has 0 spiro atoms. The largest absolute Gasteiger partial charge is 0.382 e. The third-order valence-electron chi connectivity index (χ3n) is 2.78. The molecule has 0 radical (unpaired) electrons. The number of carbonyl (C=O) groups is 1. The van der Waals surface area contributed by atoms with Crippen molar-refractivity contribution in [3.05, 3.63) is 35.4 Å². The van der Waals surface area contributed by atoms with Gasteiger partial charge in [-0.15, -0.1) is 0 Å². The van der Waals surface area contributed by atoms with E-state index in [-0.39, 0.29) is 12.8 Å². The van der Waals surface area contributed by atoms with Crippen molar-refractivity contribution in [1.29, 1.82) is 0 Å². The van der Waals surface area contributed by atoms with Gasteiger partial charge in [-0.2, -0.15) is 0 Å². The topological polar surface area (TPSA) is 37.3 Å². The minimum absolute atomic E-state index is 0.121. The first kappa shape index (κ1) is 12.8. The highest BCUT2D eigenvalue weighted by molar-refractivity contribution is 6.02. The molecule has 16 heavy (non-hydrogen) atoms. The van der Waals surface area contributed by atoms with E-state index in [1.807, 2.05) is 0 Å². The Kier molecular flexibility index (Phi) is 3.75. The van der Waals surface area contributed by atoms with Crippen LogP contribution in [0.5, 0.6) is 0 Å². The van der Waals surface area contributed by atoms with Crippen LogP contribution >= 0.6 is 0 Å². The lowest BCUT2D eigenvalue weighted by Crippen LogP contribution is -2.38. The third-order valence-corrected chi connectivity index (χ3v) is 2.78. The molecule has 0 saturated carbocycles. The van der Waals surface area contributed by atoms with E-state index in [4.69, 9.17) is 0 Å². The summed E-state index contributed by atoms with van der Waals surface area (Å²) in [5.74, 6) is -2.77. The van der Waals surface area contributed by atoms with Crippen molar-refractivity contribution in [2.24, 2.45) is 0 Å². The normalized spacial score (nSPS) is 11.6. The van der Waals surface area contributed by atoms with Gasteiger partial charge in [0, 0.05) is 0 Å². The second-order valence-electron chi connectivity index (χ2n) is 3.66. The zero-order valence-corrected chi connectivity index (χ0v) is 9.26. The molecule has 2 nitrogen and oxygen atoms in total. The van der Waals surface area contributed by atoms with E-state index in [0.717, 1.165) is 12.1 Å². The fourth-order valence-corrected chi connectivity index (χ4v) is 1.52. The monoisotopic (exact) mass is 228 g/mol. The molecular formula is C12H14F2O2. The van der Waals surface area contributed by atoms with Gasteiger partial charge in [0.2, 0.25) is 0 Å². The zero-order chi connectivity index (χ0) is 12.3. The van der Waals surface area contributed by atoms with Crippen molar-refractivity contribution < 1.29 is 18.7 Å². The van der Waals surface area contributed by atoms with E-state index < -0.39 is 28.6 Å². The van der Waals surface area contributed by atoms with Crippen LogP contribution < -0.4 is 0 Å². The second kappa shape index (κ2) is 4.70. The lowest BCUT2D eigenvalue weighted by molar-refractivity contribution is 0.0269. The van der Waals surface area contributed by atoms with Crippen molar-refractivity contribution in [3.8, 4) is 0 Å². The first-order valence-electron chi connectivity index (χ1n) is 5.17. The van der Waals surface area contributed by atoms with Crippen LogP contribution in [0, 0.1) is 11.6 Å². The lowest BCUT2D eigenvalue weighted by atomic mass is 9.87. The van der Waals surface area contributed by atoms with Crippen molar-refractivity contribution in [1.82, 2.24) is 0 Å². The highest BCUT2D eigenvalue weighted by Crippen LogP contribution is 2.24. The molecule has 4 heteroatoms. The summed E-state index contributed by atoms with van der Waals surface area (Å²) < 4.78 is 26.7. The van der Waals surface area contributed by atoms with E-state index in [0.29, 0.717) is 0 Å². The Bertz CT molecular complexity index is 378. The van der Waals surface area contributed by atoms with Gasteiger partial charge in [-0.1, -0.05) is 19.9 Å². The van der Waals surface area contributed by atoms with Crippen LogP contribution in [-0.2, 0) is 0 Å². The average Bonchev–Trinajstić information content (AvgIpc) is 2.27. The molecule has 0 unspecified atom stereocenters. The maximum atomic E-state index is 13.3. The molecule has 88 valence electrons. The number of Topliss-reactive ketones (excluding diaryl/α,β-unsaturated/α-hetero) is 1. The molecule has 0 aromatic heterocycles. The van der Waals surface area contributed by atoms with E-state index in [1.165, 1.54) is 6.07 Å². The van der Waals surface area contributed by atoms with Gasteiger partial charge in [0.15, 0.2) is 5.78 Å². The highest BCUT2D eigenvalue weighted by atomic mass is 19.1. The Morgan fingerprint density at radius 3 is 2.06 bits per heavy atom. The molecule has 0 aliphatic carbocycles. The van der Waals surface area contributed by atoms with Crippen molar-refractivity contribution >= 4 is 5.78 Å². The molecule has 1 rings (SSSR count). The summed E-state index contributed by atoms with van der Waals surface area (Å²) in [6, 6.07) is 3.18. The summed E-state index contributed by atoms with van der Waals surface area (Å²) in [5, 5.41) is 9.92. The molecule has 0 amide bonds. The van der Waals surface area contributed by atoms with Crippen molar-refractivity contribution in [2.75, 3.05) is 0 Å². The van der Waals surface area contributed by atoms with Gasteiger partial charge in [0.25, 0.3) is 0 Å². The summed E-state index contributed by atoms with van der Waals surface area (Å²) in [7, 11) is 0. The zero-order valence-electron chi connectivity index (χ0n) is 9.26. The lowest BCUT2D eigenvalue weighted by Gasteiger charge is -2.23. The van der Waals surface area contributed by atoms with Crippen LogP contribution in [-0.4, -0.2) is 16.5 Å². The molecule has 0 aliphatic heterocycles. The Labute approximate surface area is 92.9 Å². The maximum Gasteiger partial charge on any atom is 0.200 e. The van der Waals surface area contributed by atoms with Gasteiger partial charge in [-0.25, -0.2) is 8.78 Å². The van der Waals surface area contributed by atoms with E-state index in [1.54, 1.807) is 13.8 Å². The van der Waals surface area contributed by atoms with Gasteiger partial charge in [-0.3, -0.25) is 4.79 Å². The smallest absolute Gasteiger partial charge is 0.200 e. The molecule has 0 bridgehead atoms. The number of halogens is 2. The van der Waals surface area contributed by atoms with Gasteiger partial charge in [0.05, 0.1) is 5.56 Å². The summed E-state index contributed by atoms with van der Waals surface area (Å²) in [4.78, 5) is 11.8. The Morgan fingerprint density at radius 1 is 1.25 bits per heavy atom. The fourth-order valence-electron chi connectivity index (χ4n) is 1.52. The van der Waals surface area contributed by atoms with Crippen LogP contribution in [0.1, 0.15) is 37.0 Å². The summed E-state index contributed by atoms with van der Waals surface area (Å²) in [6.07, 6.45) is 0.242. The Morgan fingerprint density at radius 2 is 1.69 bits per heavy atom. The van der Waals surface area contributed by atoms with E-state index >= 15 is 0 Å². The Hall–Kier alpha value is -1.29. The molecule has 0 aliphatic rings. The molecular weight excluding hydrogens is 214 g/mol. The fraction of sp³-hybridized carbons (Fsp3) is 0.417. The summed E-state index contributed by atoms with van der Waals surface area (Å²) >= 11 is 0. The van der Waals surface area contributed by atoms with Crippen LogP contribution in [0.2, 0.25) is 0 Å². The SMILES string of the molecule is CCC(O)(CC)C(=O)c1c(F)cccc1F. The number of benzene rings is 1. The van der Waals surface area contributed by atoms with Crippen molar-refractivity contribution in [2.45, 2.75) is 32.3 Å². The second-order valence-corrected chi connectivity index (χ2v) is 3.66. The average molecular weight is 228 g/mol. The van der Waals surface area contributed by atoms with Crippen LogP contribution in [0.4, 0.5) is 8.78 Å². The molecule has 0 fully saturated rings. The molecule has 0 saturated heterocycles. The van der Waals surface area contributed by atoms with E-state index in [9.17, 15) is 18.7 Å². The number of carbonyl (C=O) groups excluding carboxylic acids is 1. The molecule has 1 aromatic carbocycles. The number of aliphatic hydroxyl groups is 1. The molecule has 1 N–H and O–H groups in total. The predicted molar refractivity (Wildman–Crippen MR) is 56.2 cm³/mol. The Balaban J connectivity index is 3.24. The van der Waals surface area contributed by atoms with Crippen LogP contribution in [0.3, 0.4) is 0 Å². The summed E-state index contributed by atoms with van der Waals surface area (Å²) in [6.45, 7) is 3.19. The van der Waals surface area contributed by atoms with E-state index in [2.05, 4.69) is 0 Å². The third kappa shape index (κ3) is 2.11. The van der Waals surface area contributed by atoms with Gasteiger partial charge in [0.1, 0.15) is 17.2 Å². The van der Waals surface area contributed by atoms with Crippen LogP contribution in [0.25, 0.3) is 0 Å². The number of hydrogen-bond donors (Lipinski definition) is 1. The maximum absolute atomic E-state index is 13.3. The van der Waals surface area contributed by atoms with Gasteiger partial charge < -0.3 is 5.11 Å². The molecule has 0 atom stereocenters. The first-order valence-corrected chi connectivity index (χ1v) is 5.17. The first-order chi connectivity index (χ1) is 7.46. The number of hydrogen-bond acceptors (Lipinski definition) is 2. The van der Waals surface area contributed by atoms with Gasteiger partial charge in [-0.05, 0) is 25.0 Å².